The average Bonchev–Trinajstić information content (AvgIpc) is 2.41. The van der Waals surface area contributed by atoms with E-state index in [0.717, 1.165) is 31.0 Å². The third kappa shape index (κ3) is 4.58. The lowest BCUT2D eigenvalue weighted by Gasteiger charge is -2.34. The van der Waals surface area contributed by atoms with E-state index < -0.39 is 0 Å². The Hall–Kier alpha value is -1.32. The number of aromatic nitrogens is 2. The average molecular weight is 291 g/mol. The van der Waals surface area contributed by atoms with E-state index in [-0.39, 0.29) is 0 Å². The van der Waals surface area contributed by atoms with Gasteiger partial charge in [-0.1, -0.05) is 27.7 Å². The van der Waals surface area contributed by atoms with Crippen LogP contribution in [0.25, 0.3) is 0 Å². The molecule has 1 aromatic heterocycles. The van der Waals surface area contributed by atoms with Gasteiger partial charge in [-0.05, 0) is 38.0 Å². The first-order valence-corrected chi connectivity index (χ1v) is 8.19. The molecule has 1 aliphatic carbocycles. The van der Waals surface area contributed by atoms with Gasteiger partial charge in [0.15, 0.2) is 0 Å². The largest absolute Gasteiger partial charge is 0.474 e. The normalized spacial score (nSPS) is 18.8. The van der Waals surface area contributed by atoms with E-state index in [9.17, 15) is 0 Å². The topological polar surface area (TPSA) is 47.0 Å². The third-order valence-electron chi connectivity index (χ3n) is 4.17. The van der Waals surface area contributed by atoms with Crippen LogP contribution < -0.4 is 10.1 Å². The van der Waals surface area contributed by atoms with Gasteiger partial charge in [-0.15, -0.1) is 0 Å². The summed E-state index contributed by atoms with van der Waals surface area (Å²) in [6.07, 6.45) is 4.97. The highest BCUT2D eigenvalue weighted by molar-refractivity contribution is 5.38. The summed E-state index contributed by atoms with van der Waals surface area (Å²) in [5.41, 5.74) is 0.462. The first kappa shape index (κ1) is 16.1. The van der Waals surface area contributed by atoms with Crippen LogP contribution in [0.3, 0.4) is 0 Å². The van der Waals surface area contributed by atoms with Crippen molar-refractivity contribution in [2.75, 3.05) is 11.9 Å². The zero-order chi connectivity index (χ0) is 15.5. The van der Waals surface area contributed by atoms with Gasteiger partial charge < -0.3 is 10.1 Å². The molecule has 4 nitrogen and oxygen atoms in total. The molecule has 0 aromatic carbocycles. The second kappa shape index (κ2) is 6.63. The minimum atomic E-state index is 0.294. The quantitative estimate of drug-likeness (QED) is 0.874. The highest BCUT2D eigenvalue weighted by Crippen LogP contribution is 2.36. The van der Waals surface area contributed by atoms with Gasteiger partial charge in [0, 0.05) is 18.5 Å². The second-order valence-electron chi connectivity index (χ2n) is 7.12. The van der Waals surface area contributed by atoms with E-state index in [1.54, 1.807) is 0 Å². The fourth-order valence-corrected chi connectivity index (χ4v) is 2.69. The zero-order valence-corrected chi connectivity index (χ0v) is 14.1. The maximum absolute atomic E-state index is 6.14. The van der Waals surface area contributed by atoms with Gasteiger partial charge >= 0.3 is 0 Å². The summed E-state index contributed by atoms with van der Waals surface area (Å²) < 4.78 is 6.14. The van der Waals surface area contributed by atoms with Crippen molar-refractivity contribution in [1.29, 1.82) is 0 Å². The van der Waals surface area contributed by atoms with E-state index in [1.165, 1.54) is 12.8 Å². The minimum absolute atomic E-state index is 0.294. The number of hydrogen-bond acceptors (Lipinski definition) is 4. The molecular weight excluding hydrogens is 262 g/mol. The maximum Gasteiger partial charge on any atom is 0.219 e. The molecule has 0 atom stereocenters. The summed E-state index contributed by atoms with van der Waals surface area (Å²) in [5.74, 6) is 2.73. The van der Waals surface area contributed by atoms with Gasteiger partial charge in [-0.2, -0.15) is 4.98 Å². The van der Waals surface area contributed by atoms with Crippen LogP contribution in [0.5, 0.6) is 5.88 Å². The Morgan fingerprint density at radius 2 is 1.95 bits per heavy atom. The molecule has 1 fully saturated rings. The van der Waals surface area contributed by atoms with Gasteiger partial charge in [0.2, 0.25) is 5.88 Å². The van der Waals surface area contributed by atoms with Crippen molar-refractivity contribution >= 4 is 5.82 Å². The van der Waals surface area contributed by atoms with Crippen LogP contribution in [-0.4, -0.2) is 22.6 Å². The number of ether oxygens (including phenoxy) is 1. The number of nitrogens with zero attached hydrogens (tertiary/aromatic N) is 2. The van der Waals surface area contributed by atoms with Gasteiger partial charge in [0.25, 0.3) is 0 Å². The molecule has 0 bridgehead atoms. The summed E-state index contributed by atoms with van der Waals surface area (Å²) in [5, 5.41) is 3.26. The first-order chi connectivity index (χ1) is 9.89. The molecule has 1 N–H and O–H groups in total. The Morgan fingerprint density at radius 3 is 2.52 bits per heavy atom. The fourth-order valence-electron chi connectivity index (χ4n) is 2.69. The fraction of sp³-hybridized carbons (Fsp3) is 0.765. The lowest BCUT2D eigenvalue weighted by atomic mass is 9.76. The summed E-state index contributed by atoms with van der Waals surface area (Å²) in [6.45, 7) is 11.8. The standard InChI is InChI=1S/C17H29N3O/c1-6-18-14-11-15(20-16(19-14)12(2)3)21-13-7-9-17(4,5)10-8-13/h11-13H,6-10H2,1-5H3,(H,18,19,20). The Kier molecular flexibility index (Phi) is 5.07. The zero-order valence-electron chi connectivity index (χ0n) is 14.1. The third-order valence-corrected chi connectivity index (χ3v) is 4.17. The number of nitrogens with one attached hydrogen (secondary N) is 1. The smallest absolute Gasteiger partial charge is 0.219 e. The van der Waals surface area contributed by atoms with Crippen molar-refractivity contribution in [3.8, 4) is 5.88 Å². The first-order valence-electron chi connectivity index (χ1n) is 8.19. The molecule has 2 rings (SSSR count). The molecule has 0 unspecified atom stereocenters. The number of rotatable bonds is 5. The number of hydrogen-bond donors (Lipinski definition) is 1. The van der Waals surface area contributed by atoms with Crippen LogP contribution >= 0.6 is 0 Å². The second-order valence-corrected chi connectivity index (χ2v) is 7.12. The highest BCUT2D eigenvalue weighted by atomic mass is 16.5. The maximum atomic E-state index is 6.14. The van der Waals surface area contributed by atoms with Crippen molar-refractivity contribution in [2.45, 2.75) is 72.3 Å². The van der Waals surface area contributed by atoms with Gasteiger partial charge in [0.05, 0.1) is 0 Å². The molecule has 0 amide bonds. The lowest BCUT2D eigenvalue weighted by molar-refractivity contribution is 0.0945. The molecule has 1 saturated carbocycles. The summed E-state index contributed by atoms with van der Waals surface area (Å²) in [4.78, 5) is 9.11. The Bertz CT molecular complexity index is 461. The van der Waals surface area contributed by atoms with Crippen LogP contribution in [-0.2, 0) is 0 Å². The Balaban J connectivity index is 2.08. The SMILES string of the molecule is CCNc1cc(OC2CCC(C)(C)CC2)nc(C(C)C)n1. The predicted molar refractivity (Wildman–Crippen MR) is 86.9 cm³/mol. The van der Waals surface area contributed by atoms with E-state index in [1.807, 2.05) is 6.07 Å². The molecule has 21 heavy (non-hydrogen) atoms. The molecule has 1 aliphatic rings. The minimum Gasteiger partial charge on any atom is -0.474 e. The van der Waals surface area contributed by atoms with Crippen LogP contribution in [0, 0.1) is 5.41 Å². The predicted octanol–water partition coefficient (Wildman–Crippen LogP) is 4.38. The lowest BCUT2D eigenvalue weighted by Crippen LogP contribution is -2.28. The van der Waals surface area contributed by atoms with Gasteiger partial charge in [-0.25, -0.2) is 4.98 Å². The van der Waals surface area contributed by atoms with E-state index >= 15 is 0 Å². The molecular formula is C17H29N3O. The summed E-state index contributed by atoms with van der Waals surface area (Å²) >= 11 is 0. The van der Waals surface area contributed by atoms with E-state index in [0.29, 0.717) is 23.3 Å². The van der Waals surface area contributed by atoms with Crippen molar-refractivity contribution in [3.05, 3.63) is 11.9 Å². The summed E-state index contributed by atoms with van der Waals surface area (Å²) in [7, 11) is 0. The van der Waals surface area contributed by atoms with Crippen LogP contribution in [0.15, 0.2) is 6.07 Å². The molecule has 1 heterocycles. The molecule has 0 aliphatic heterocycles. The van der Waals surface area contributed by atoms with Crippen molar-refractivity contribution in [3.63, 3.8) is 0 Å². The Labute approximate surface area is 128 Å². The molecule has 1 aromatic rings. The monoisotopic (exact) mass is 291 g/mol. The molecule has 118 valence electrons. The number of anilines is 1. The molecule has 0 spiro atoms. The van der Waals surface area contributed by atoms with Crippen molar-refractivity contribution in [2.24, 2.45) is 5.41 Å². The molecule has 4 heteroatoms. The van der Waals surface area contributed by atoms with Gasteiger partial charge in [0.1, 0.15) is 17.7 Å². The van der Waals surface area contributed by atoms with Crippen molar-refractivity contribution in [1.82, 2.24) is 9.97 Å². The summed E-state index contributed by atoms with van der Waals surface area (Å²) in [6, 6.07) is 1.93. The van der Waals surface area contributed by atoms with E-state index in [2.05, 4.69) is 49.9 Å². The van der Waals surface area contributed by atoms with E-state index in [4.69, 9.17) is 4.74 Å². The molecule has 0 radical (unpaired) electrons. The van der Waals surface area contributed by atoms with Crippen LogP contribution in [0.1, 0.15) is 72.0 Å². The molecule has 0 saturated heterocycles. The Morgan fingerprint density at radius 1 is 1.29 bits per heavy atom. The van der Waals surface area contributed by atoms with Crippen LogP contribution in [0.2, 0.25) is 0 Å². The van der Waals surface area contributed by atoms with Crippen molar-refractivity contribution < 1.29 is 4.74 Å². The van der Waals surface area contributed by atoms with Crippen LogP contribution in [0.4, 0.5) is 5.82 Å². The highest BCUT2D eigenvalue weighted by Gasteiger charge is 2.28. The van der Waals surface area contributed by atoms with Gasteiger partial charge in [-0.3, -0.25) is 0 Å².